The van der Waals surface area contributed by atoms with E-state index in [2.05, 4.69) is 20.2 Å². The average molecular weight is 391 g/mol. The highest BCUT2D eigenvalue weighted by Crippen LogP contribution is 2.14. The molecular formula is C20H17N5O2S. The Hall–Kier alpha value is -3.52. The summed E-state index contributed by atoms with van der Waals surface area (Å²) in [5.41, 5.74) is 3.20. The van der Waals surface area contributed by atoms with Crippen LogP contribution >= 0.6 is 0 Å². The van der Waals surface area contributed by atoms with Gasteiger partial charge in [-0.15, -0.1) is 10.2 Å². The van der Waals surface area contributed by atoms with Gasteiger partial charge in [0, 0.05) is 5.56 Å². The molecule has 0 spiro atoms. The van der Waals surface area contributed by atoms with Crippen molar-refractivity contribution in [3.05, 3.63) is 90.0 Å². The Labute approximate surface area is 162 Å². The minimum absolute atomic E-state index is 0.130. The van der Waals surface area contributed by atoms with Crippen LogP contribution in [0.15, 0.2) is 88.9 Å². The second-order valence-electron chi connectivity index (χ2n) is 6.20. The van der Waals surface area contributed by atoms with Crippen LogP contribution in [0.2, 0.25) is 0 Å². The Morgan fingerprint density at radius 2 is 1.61 bits per heavy atom. The van der Waals surface area contributed by atoms with Gasteiger partial charge < -0.3 is 0 Å². The molecule has 0 atom stereocenters. The van der Waals surface area contributed by atoms with Gasteiger partial charge in [-0.2, -0.15) is 17.9 Å². The van der Waals surface area contributed by atoms with Crippen molar-refractivity contribution in [2.24, 2.45) is 5.10 Å². The van der Waals surface area contributed by atoms with Crippen LogP contribution in [0.3, 0.4) is 0 Å². The van der Waals surface area contributed by atoms with Gasteiger partial charge in [-0.1, -0.05) is 65.4 Å². The van der Waals surface area contributed by atoms with Crippen molar-refractivity contribution < 1.29 is 8.42 Å². The van der Waals surface area contributed by atoms with E-state index in [-0.39, 0.29) is 4.90 Å². The van der Waals surface area contributed by atoms with Gasteiger partial charge in [0.2, 0.25) is 0 Å². The number of hydrogen-bond donors (Lipinski definition) is 1. The Morgan fingerprint density at radius 3 is 2.36 bits per heavy atom. The van der Waals surface area contributed by atoms with Gasteiger partial charge in [0.15, 0.2) is 5.84 Å². The van der Waals surface area contributed by atoms with Gasteiger partial charge in [-0.05, 0) is 31.2 Å². The standard InChI is InChI=1S/C20H17N5O2S/c1-15-11-13-16(14-12-15)20(25-19-10-6-5-9-18(19)21-23-25)22-24-28(26,27)17-7-3-2-4-8-17/h2-14,24H,1H3/b22-20-. The molecule has 4 aromatic rings. The van der Waals surface area contributed by atoms with Crippen LogP contribution < -0.4 is 4.83 Å². The number of aromatic nitrogens is 3. The largest absolute Gasteiger partial charge is 0.276 e. The minimum atomic E-state index is -3.81. The summed E-state index contributed by atoms with van der Waals surface area (Å²) in [5.74, 6) is 0.327. The molecule has 0 bridgehead atoms. The number of nitrogens with zero attached hydrogens (tertiary/aromatic N) is 4. The van der Waals surface area contributed by atoms with E-state index in [1.165, 1.54) is 16.8 Å². The second-order valence-corrected chi connectivity index (χ2v) is 7.86. The SMILES string of the molecule is Cc1ccc(/C(=N/NS(=O)(=O)c2ccccc2)n2nnc3ccccc32)cc1. The zero-order valence-electron chi connectivity index (χ0n) is 15.0. The molecule has 1 N–H and O–H groups in total. The summed E-state index contributed by atoms with van der Waals surface area (Å²) in [6, 6.07) is 23.1. The molecule has 0 aliphatic rings. The fraction of sp³-hybridized carbons (Fsp3) is 0.0500. The summed E-state index contributed by atoms with van der Waals surface area (Å²) in [4.78, 5) is 2.44. The van der Waals surface area contributed by atoms with Crippen molar-refractivity contribution >= 4 is 26.9 Å². The van der Waals surface area contributed by atoms with Crippen LogP contribution in [0, 0.1) is 6.92 Å². The topological polar surface area (TPSA) is 89.2 Å². The fourth-order valence-electron chi connectivity index (χ4n) is 2.72. The normalized spacial score (nSPS) is 12.2. The first-order valence-corrected chi connectivity index (χ1v) is 10.1. The number of rotatable bonds is 4. The van der Waals surface area contributed by atoms with E-state index < -0.39 is 10.0 Å². The Kier molecular flexibility index (Phi) is 4.62. The third-order valence-corrected chi connectivity index (χ3v) is 5.41. The maximum Gasteiger partial charge on any atom is 0.276 e. The molecule has 0 aliphatic carbocycles. The molecule has 0 unspecified atom stereocenters. The maximum absolute atomic E-state index is 12.6. The van der Waals surface area contributed by atoms with Gasteiger partial charge in [-0.3, -0.25) is 0 Å². The molecule has 4 rings (SSSR count). The number of nitrogens with one attached hydrogen (secondary N) is 1. The zero-order valence-corrected chi connectivity index (χ0v) is 15.8. The van der Waals surface area contributed by atoms with Crippen molar-refractivity contribution in [2.75, 3.05) is 0 Å². The summed E-state index contributed by atoms with van der Waals surface area (Å²) in [5, 5.41) is 12.5. The molecule has 7 nitrogen and oxygen atoms in total. The molecule has 1 aromatic heterocycles. The Balaban J connectivity index is 1.82. The molecular weight excluding hydrogens is 374 g/mol. The molecule has 0 saturated heterocycles. The molecule has 0 fully saturated rings. The summed E-state index contributed by atoms with van der Waals surface area (Å²) in [6.07, 6.45) is 0. The van der Waals surface area contributed by atoms with E-state index in [9.17, 15) is 8.42 Å². The molecule has 140 valence electrons. The summed E-state index contributed by atoms with van der Waals surface area (Å²) >= 11 is 0. The molecule has 3 aromatic carbocycles. The highest BCUT2D eigenvalue weighted by atomic mass is 32.2. The molecule has 0 radical (unpaired) electrons. The number of aryl methyl sites for hydroxylation is 1. The van der Waals surface area contributed by atoms with Gasteiger partial charge >= 0.3 is 0 Å². The van der Waals surface area contributed by atoms with Gasteiger partial charge in [0.25, 0.3) is 10.0 Å². The highest BCUT2D eigenvalue weighted by molar-refractivity contribution is 7.89. The van der Waals surface area contributed by atoms with Crippen LogP contribution in [-0.4, -0.2) is 29.2 Å². The summed E-state index contributed by atoms with van der Waals surface area (Å²) < 4.78 is 26.7. The Morgan fingerprint density at radius 1 is 0.929 bits per heavy atom. The number of hydrazone groups is 1. The predicted octanol–water partition coefficient (Wildman–Crippen LogP) is 2.93. The summed E-state index contributed by atoms with van der Waals surface area (Å²) in [6.45, 7) is 1.98. The lowest BCUT2D eigenvalue weighted by Gasteiger charge is -2.09. The monoisotopic (exact) mass is 391 g/mol. The molecule has 0 saturated carbocycles. The van der Waals surface area contributed by atoms with Gasteiger partial charge in [-0.25, -0.2) is 0 Å². The van der Waals surface area contributed by atoms with Gasteiger partial charge in [0.05, 0.1) is 10.4 Å². The third-order valence-electron chi connectivity index (χ3n) is 4.19. The first-order valence-electron chi connectivity index (χ1n) is 8.57. The smallest absolute Gasteiger partial charge is 0.200 e. The number of fused-ring (bicyclic) bond motifs is 1. The van der Waals surface area contributed by atoms with Crippen molar-refractivity contribution in [1.82, 2.24) is 19.8 Å². The molecule has 1 heterocycles. The zero-order chi connectivity index (χ0) is 19.6. The van der Waals surface area contributed by atoms with Crippen molar-refractivity contribution in [3.8, 4) is 0 Å². The minimum Gasteiger partial charge on any atom is -0.200 e. The average Bonchev–Trinajstić information content (AvgIpc) is 3.14. The number of para-hydroxylation sites is 1. The lowest BCUT2D eigenvalue weighted by molar-refractivity contribution is 0.584. The lowest BCUT2D eigenvalue weighted by atomic mass is 10.1. The first-order chi connectivity index (χ1) is 13.5. The molecule has 28 heavy (non-hydrogen) atoms. The quantitative estimate of drug-likeness (QED) is 0.329. The van der Waals surface area contributed by atoms with Gasteiger partial charge in [0.1, 0.15) is 5.52 Å². The third kappa shape index (κ3) is 3.49. The number of benzene rings is 3. The van der Waals surface area contributed by atoms with E-state index in [1.54, 1.807) is 18.2 Å². The maximum atomic E-state index is 12.6. The fourth-order valence-corrected chi connectivity index (χ4v) is 3.55. The molecule has 0 amide bonds. The van der Waals surface area contributed by atoms with Crippen LogP contribution in [0.25, 0.3) is 11.0 Å². The van der Waals surface area contributed by atoms with Crippen LogP contribution in [-0.2, 0) is 10.0 Å². The first kappa shape index (κ1) is 17.9. The molecule has 0 aliphatic heterocycles. The highest BCUT2D eigenvalue weighted by Gasteiger charge is 2.16. The van der Waals surface area contributed by atoms with E-state index in [0.29, 0.717) is 16.9 Å². The lowest BCUT2D eigenvalue weighted by Crippen LogP contribution is -2.24. The van der Waals surface area contributed by atoms with E-state index in [0.717, 1.165) is 11.1 Å². The van der Waals surface area contributed by atoms with E-state index in [1.807, 2.05) is 55.5 Å². The summed E-state index contributed by atoms with van der Waals surface area (Å²) in [7, 11) is -3.81. The number of hydrogen-bond acceptors (Lipinski definition) is 5. The molecule has 8 heteroatoms. The predicted molar refractivity (Wildman–Crippen MR) is 107 cm³/mol. The van der Waals surface area contributed by atoms with Crippen LogP contribution in [0.4, 0.5) is 0 Å². The van der Waals surface area contributed by atoms with Crippen LogP contribution in [0.5, 0.6) is 0 Å². The second kappa shape index (κ2) is 7.24. The van der Waals surface area contributed by atoms with Crippen LogP contribution in [0.1, 0.15) is 11.1 Å². The Bertz CT molecular complexity index is 1250. The van der Waals surface area contributed by atoms with Crippen molar-refractivity contribution in [2.45, 2.75) is 11.8 Å². The van der Waals surface area contributed by atoms with E-state index >= 15 is 0 Å². The number of sulfonamides is 1. The van der Waals surface area contributed by atoms with Crippen molar-refractivity contribution in [3.63, 3.8) is 0 Å². The van der Waals surface area contributed by atoms with E-state index in [4.69, 9.17) is 0 Å². The van der Waals surface area contributed by atoms with Crippen molar-refractivity contribution in [1.29, 1.82) is 0 Å².